The minimum atomic E-state index is 0.390. The third-order valence-electron chi connectivity index (χ3n) is 2.22. The predicted molar refractivity (Wildman–Crippen MR) is 45.6 cm³/mol. The Morgan fingerprint density at radius 1 is 1.67 bits per heavy atom. The zero-order valence-electron chi connectivity index (χ0n) is 6.90. The van der Waals surface area contributed by atoms with Crippen LogP contribution in [0.3, 0.4) is 0 Å². The smallest absolute Gasteiger partial charge is 0.218 e. The van der Waals surface area contributed by atoms with E-state index in [9.17, 15) is 0 Å². The Kier molecular flexibility index (Phi) is 1.95. The molecule has 2 heterocycles. The van der Waals surface area contributed by atoms with Gasteiger partial charge >= 0.3 is 0 Å². The molecule has 1 unspecified atom stereocenters. The number of nitrogens with two attached hydrogens (primary N) is 1. The van der Waals surface area contributed by atoms with Gasteiger partial charge in [-0.3, -0.25) is 0 Å². The minimum absolute atomic E-state index is 0.390. The van der Waals surface area contributed by atoms with Crippen molar-refractivity contribution in [3.05, 3.63) is 6.33 Å². The van der Waals surface area contributed by atoms with Crippen molar-refractivity contribution in [1.82, 2.24) is 20.1 Å². The standard InChI is InChI=1S/C7H13N5/c8-7-10-5-11-12(7)6-2-1-3-9-4-6/h5-6,9H,1-4H2,(H2,8,10,11). The summed E-state index contributed by atoms with van der Waals surface area (Å²) in [4.78, 5) is 3.89. The van der Waals surface area contributed by atoms with Gasteiger partial charge < -0.3 is 11.1 Å². The van der Waals surface area contributed by atoms with E-state index < -0.39 is 0 Å². The number of piperidine rings is 1. The van der Waals surface area contributed by atoms with E-state index in [1.165, 1.54) is 12.7 Å². The van der Waals surface area contributed by atoms with E-state index in [4.69, 9.17) is 5.73 Å². The van der Waals surface area contributed by atoms with E-state index in [1.54, 1.807) is 4.68 Å². The number of nitrogens with one attached hydrogen (secondary N) is 1. The van der Waals surface area contributed by atoms with Crippen molar-refractivity contribution in [3.63, 3.8) is 0 Å². The molecule has 1 aromatic rings. The monoisotopic (exact) mass is 167 g/mol. The highest BCUT2D eigenvalue weighted by molar-refractivity contribution is 5.14. The first-order valence-corrected chi connectivity index (χ1v) is 4.23. The summed E-state index contributed by atoms with van der Waals surface area (Å²) in [7, 11) is 0. The number of aromatic nitrogens is 3. The van der Waals surface area contributed by atoms with Crippen LogP contribution < -0.4 is 11.1 Å². The quantitative estimate of drug-likeness (QED) is 0.607. The third-order valence-corrected chi connectivity index (χ3v) is 2.22. The van der Waals surface area contributed by atoms with Crippen LogP contribution in [0.4, 0.5) is 5.95 Å². The topological polar surface area (TPSA) is 68.8 Å². The van der Waals surface area contributed by atoms with Crippen LogP contribution in [0.1, 0.15) is 18.9 Å². The second-order valence-electron chi connectivity index (χ2n) is 3.06. The highest BCUT2D eigenvalue weighted by Crippen LogP contribution is 2.16. The molecule has 5 nitrogen and oxygen atoms in total. The van der Waals surface area contributed by atoms with Crippen LogP contribution >= 0.6 is 0 Å². The van der Waals surface area contributed by atoms with Gasteiger partial charge in [0.25, 0.3) is 0 Å². The van der Waals surface area contributed by atoms with Crippen molar-refractivity contribution in [2.24, 2.45) is 0 Å². The molecule has 1 aliphatic rings. The Bertz CT molecular complexity index is 250. The van der Waals surface area contributed by atoms with Crippen LogP contribution in [0.25, 0.3) is 0 Å². The van der Waals surface area contributed by atoms with Crippen molar-refractivity contribution < 1.29 is 0 Å². The Morgan fingerprint density at radius 2 is 2.58 bits per heavy atom. The molecule has 1 aliphatic heterocycles. The molecule has 0 saturated carbocycles. The molecule has 5 heteroatoms. The lowest BCUT2D eigenvalue weighted by atomic mass is 10.1. The van der Waals surface area contributed by atoms with Crippen LogP contribution in [-0.2, 0) is 0 Å². The van der Waals surface area contributed by atoms with Gasteiger partial charge in [0.05, 0.1) is 6.04 Å². The Balaban J connectivity index is 2.13. The second kappa shape index (κ2) is 3.10. The molecule has 1 atom stereocenters. The van der Waals surface area contributed by atoms with Crippen molar-refractivity contribution in [2.45, 2.75) is 18.9 Å². The zero-order chi connectivity index (χ0) is 8.39. The molecule has 2 rings (SSSR count). The molecular weight excluding hydrogens is 154 g/mol. The van der Waals surface area contributed by atoms with E-state index in [-0.39, 0.29) is 0 Å². The lowest BCUT2D eigenvalue weighted by Gasteiger charge is -2.23. The summed E-state index contributed by atoms with van der Waals surface area (Å²) in [6.45, 7) is 2.05. The molecule has 0 amide bonds. The van der Waals surface area contributed by atoms with Crippen LogP contribution in [0.5, 0.6) is 0 Å². The highest BCUT2D eigenvalue weighted by atomic mass is 15.4. The van der Waals surface area contributed by atoms with E-state index in [1.807, 2.05) is 0 Å². The molecule has 3 N–H and O–H groups in total. The molecule has 1 saturated heterocycles. The first-order valence-electron chi connectivity index (χ1n) is 4.23. The van der Waals surface area contributed by atoms with Gasteiger partial charge in [-0.15, -0.1) is 0 Å². The summed E-state index contributed by atoms with van der Waals surface area (Å²) >= 11 is 0. The molecule has 0 aromatic carbocycles. The Hall–Kier alpha value is -1.10. The summed E-state index contributed by atoms with van der Waals surface area (Å²) in [6.07, 6.45) is 3.83. The van der Waals surface area contributed by atoms with E-state index >= 15 is 0 Å². The van der Waals surface area contributed by atoms with Crippen molar-refractivity contribution >= 4 is 5.95 Å². The van der Waals surface area contributed by atoms with Crippen molar-refractivity contribution in [1.29, 1.82) is 0 Å². The average Bonchev–Trinajstić information content (AvgIpc) is 2.53. The maximum atomic E-state index is 5.63. The Morgan fingerprint density at radius 3 is 3.17 bits per heavy atom. The average molecular weight is 167 g/mol. The maximum absolute atomic E-state index is 5.63. The molecule has 1 fully saturated rings. The summed E-state index contributed by atoms with van der Waals surface area (Å²) in [5.41, 5.74) is 5.63. The molecule has 0 spiro atoms. The SMILES string of the molecule is Nc1ncnn1C1CCCNC1. The van der Waals surface area contributed by atoms with Gasteiger partial charge in [-0.25, -0.2) is 9.67 Å². The molecule has 0 bridgehead atoms. The van der Waals surface area contributed by atoms with Crippen LogP contribution in [0.2, 0.25) is 0 Å². The molecule has 1 aromatic heterocycles. The Labute approximate surface area is 71.0 Å². The first kappa shape index (κ1) is 7.54. The normalized spacial score (nSPS) is 24.2. The maximum Gasteiger partial charge on any atom is 0.218 e. The number of nitrogen functional groups attached to an aromatic ring is 1. The van der Waals surface area contributed by atoms with E-state index in [2.05, 4.69) is 15.4 Å². The van der Waals surface area contributed by atoms with Crippen molar-refractivity contribution in [3.8, 4) is 0 Å². The fourth-order valence-corrected chi connectivity index (χ4v) is 1.58. The number of hydrogen-bond donors (Lipinski definition) is 2. The largest absolute Gasteiger partial charge is 0.368 e. The lowest BCUT2D eigenvalue weighted by Crippen LogP contribution is -2.32. The minimum Gasteiger partial charge on any atom is -0.368 e. The number of nitrogens with zero attached hydrogens (tertiary/aromatic N) is 3. The fraction of sp³-hybridized carbons (Fsp3) is 0.714. The van der Waals surface area contributed by atoms with Crippen LogP contribution in [-0.4, -0.2) is 27.9 Å². The summed E-state index contributed by atoms with van der Waals surface area (Å²) in [5.74, 6) is 0.517. The zero-order valence-corrected chi connectivity index (χ0v) is 6.90. The van der Waals surface area contributed by atoms with Gasteiger partial charge in [0.2, 0.25) is 5.95 Å². The second-order valence-corrected chi connectivity index (χ2v) is 3.06. The number of anilines is 1. The summed E-state index contributed by atoms with van der Waals surface area (Å²) in [6, 6.07) is 0.390. The lowest BCUT2D eigenvalue weighted by molar-refractivity contribution is 0.350. The first-order chi connectivity index (χ1) is 5.88. The molecular formula is C7H13N5. The summed E-state index contributed by atoms with van der Waals surface area (Å²) in [5, 5.41) is 7.39. The molecule has 66 valence electrons. The number of rotatable bonds is 1. The fourth-order valence-electron chi connectivity index (χ4n) is 1.58. The van der Waals surface area contributed by atoms with Gasteiger partial charge in [-0.2, -0.15) is 5.10 Å². The highest BCUT2D eigenvalue weighted by Gasteiger charge is 2.16. The summed E-state index contributed by atoms with van der Waals surface area (Å²) < 4.78 is 1.80. The third kappa shape index (κ3) is 1.27. The van der Waals surface area contributed by atoms with Gasteiger partial charge in [0, 0.05) is 6.54 Å². The number of hydrogen-bond acceptors (Lipinski definition) is 4. The van der Waals surface area contributed by atoms with Crippen molar-refractivity contribution in [2.75, 3.05) is 18.8 Å². The van der Waals surface area contributed by atoms with Gasteiger partial charge in [0.1, 0.15) is 6.33 Å². The molecule has 0 aliphatic carbocycles. The van der Waals surface area contributed by atoms with Gasteiger partial charge in [-0.1, -0.05) is 0 Å². The van der Waals surface area contributed by atoms with Gasteiger partial charge in [-0.05, 0) is 19.4 Å². The van der Waals surface area contributed by atoms with Crippen LogP contribution in [0.15, 0.2) is 6.33 Å². The molecule has 12 heavy (non-hydrogen) atoms. The molecule has 0 radical (unpaired) electrons. The van der Waals surface area contributed by atoms with E-state index in [0.29, 0.717) is 12.0 Å². The van der Waals surface area contributed by atoms with Gasteiger partial charge in [0.15, 0.2) is 0 Å². The van der Waals surface area contributed by atoms with Crippen LogP contribution in [0, 0.1) is 0 Å². The predicted octanol–water partition coefficient (Wildman–Crippen LogP) is -0.215. The van der Waals surface area contributed by atoms with E-state index in [0.717, 1.165) is 19.5 Å².